The predicted molar refractivity (Wildman–Crippen MR) is 74.9 cm³/mol. The molecule has 0 aliphatic carbocycles. The van der Waals surface area contributed by atoms with Crippen molar-refractivity contribution in [2.45, 2.75) is 20.1 Å². The molecule has 0 bridgehead atoms. The van der Waals surface area contributed by atoms with E-state index < -0.39 is 0 Å². The number of benzene rings is 2. The van der Waals surface area contributed by atoms with Crippen LogP contribution in [0.3, 0.4) is 0 Å². The first-order valence-electron chi connectivity index (χ1n) is 5.86. The second-order valence-corrected chi connectivity index (χ2v) is 4.61. The summed E-state index contributed by atoms with van der Waals surface area (Å²) in [6.07, 6.45) is 0. The lowest BCUT2D eigenvalue weighted by Gasteiger charge is -2.12. The van der Waals surface area contributed by atoms with Crippen LogP contribution in [0.4, 0.5) is 0 Å². The molecule has 3 heteroatoms. The second-order valence-electron chi connectivity index (χ2n) is 4.20. The third-order valence-corrected chi connectivity index (χ3v) is 3.03. The van der Waals surface area contributed by atoms with Crippen LogP contribution < -0.4 is 10.5 Å². The Labute approximate surface area is 112 Å². The summed E-state index contributed by atoms with van der Waals surface area (Å²) in [5, 5.41) is 0.617. The van der Waals surface area contributed by atoms with E-state index in [-0.39, 0.29) is 0 Å². The molecule has 0 unspecified atom stereocenters. The molecule has 2 aromatic rings. The van der Waals surface area contributed by atoms with E-state index in [1.54, 1.807) is 0 Å². The average Bonchev–Trinajstić information content (AvgIpc) is 2.38. The van der Waals surface area contributed by atoms with Crippen LogP contribution in [0.25, 0.3) is 0 Å². The molecule has 0 aliphatic rings. The van der Waals surface area contributed by atoms with Gasteiger partial charge in [0.15, 0.2) is 0 Å². The molecule has 0 fully saturated rings. The topological polar surface area (TPSA) is 35.2 Å². The van der Waals surface area contributed by atoms with E-state index in [0.717, 1.165) is 22.4 Å². The van der Waals surface area contributed by atoms with Gasteiger partial charge in [0.25, 0.3) is 0 Å². The van der Waals surface area contributed by atoms with Gasteiger partial charge in [0.05, 0.1) is 5.02 Å². The van der Waals surface area contributed by atoms with Crippen molar-refractivity contribution in [3.63, 3.8) is 0 Å². The first-order valence-corrected chi connectivity index (χ1v) is 6.24. The summed E-state index contributed by atoms with van der Waals surface area (Å²) in [5.41, 5.74) is 8.76. The maximum atomic E-state index is 6.20. The normalized spacial score (nSPS) is 10.4. The summed E-state index contributed by atoms with van der Waals surface area (Å²) in [6.45, 7) is 2.98. The van der Waals surface area contributed by atoms with Gasteiger partial charge in [-0.1, -0.05) is 48.0 Å². The summed E-state index contributed by atoms with van der Waals surface area (Å²) < 4.78 is 5.78. The smallest absolute Gasteiger partial charge is 0.141 e. The molecule has 2 rings (SSSR count). The SMILES string of the molecule is Cc1cc(CN)cc(Cl)c1OCc1ccccc1. The van der Waals surface area contributed by atoms with Gasteiger partial charge in [-0.15, -0.1) is 0 Å². The minimum absolute atomic E-state index is 0.486. The van der Waals surface area contributed by atoms with Crippen LogP contribution in [0, 0.1) is 6.92 Å². The van der Waals surface area contributed by atoms with E-state index in [2.05, 4.69) is 0 Å². The molecular weight excluding hydrogens is 246 g/mol. The first kappa shape index (κ1) is 12.9. The van der Waals surface area contributed by atoms with Crippen LogP contribution in [-0.4, -0.2) is 0 Å². The number of nitrogens with two attached hydrogens (primary N) is 1. The summed E-state index contributed by atoms with van der Waals surface area (Å²) >= 11 is 6.20. The zero-order valence-electron chi connectivity index (χ0n) is 10.3. The molecular formula is C15H16ClNO. The van der Waals surface area contributed by atoms with Crippen LogP contribution in [0.2, 0.25) is 5.02 Å². The molecule has 0 saturated heterocycles. The van der Waals surface area contributed by atoms with E-state index in [1.807, 2.05) is 49.4 Å². The van der Waals surface area contributed by atoms with E-state index >= 15 is 0 Å². The molecule has 2 aromatic carbocycles. The van der Waals surface area contributed by atoms with Gasteiger partial charge in [-0.3, -0.25) is 0 Å². The first-order chi connectivity index (χ1) is 8.70. The van der Waals surface area contributed by atoms with E-state index in [9.17, 15) is 0 Å². The summed E-state index contributed by atoms with van der Waals surface area (Å²) in [7, 11) is 0. The highest BCUT2D eigenvalue weighted by Crippen LogP contribution is 2.30. The largest absolute Gasteiger partial charge is 0.487 e. The van der Waals surface area contributed by atoms with Crippen LogP contribution in [0.15, 0.2) is 42.5 Å². The maximum absolute atomic E-state index is 6.20. The Bertz CT molecular complexity index is 502. The number of hydrogen-bond donors (Lipinski definition) is 1. The zero-order chi connectivity index (χ0) is 13.0. The Morgan fingerprint density at radius 2 is 1.83 bits per heavy atom. The van der Waals surface area contributed by atoms with Gasteiger partial charge in [-0.2, -0.15) is 0 Å². The van der Waals surface area contributed by atoms with E-state index in [4.69, 9.17) is 22.1 Å². The molecule has 0 heterocycles. The van der Waals surface area contributed by atoms with Gasteiger partial charge in [0.2, 0.25) is 0 Å². The van der Waals surface area contributed by atoms with Crippen molar-refractivity contribution >= 4 is 11.6 Å². The molecule has 0 amide bonds. The third-order valence-electron chi connectivity index (χ3n) is 2.75. The minimum atomic E-state index is 0.486. The van der Waals surface area contributed by atoms with Crippen molar-refractivity contribution in [2.24, 2.45) is 5.73 Å². The third kappa shape index (κ3) is 3.03. The van der Waals surface area contributed by atoms with Crippen LogP contribution in [0.5, 0.6) is 5.75 Å². The number of hydrogen-bond acceptors (Lipinski definition) is 2. The van der Waals surface area contributed by atoms with Crippen molar-refractivity contribution in [1.82, 2.24) is 0 Å². The van der Waals surface area contributed by atoms with Crippen molar-refractivity contribution in [3.05, 3.63) is 64.2 Å². The Balaban J connectivity index is 2.15. The van der Waals surface area contributed by atoms with Crippen molar-refractivity contribution in [1.29, 1.82) is 0 Å². The van der Waals surface area contributed by atoms with Gasteiger partial charge in [-0.05, 0) is 29.7 Å². The summed E-state index contributed by atoms with van der Waals surface area (Å²) in [5.74, 6) is 0.734. The molecule has 0 aliphatic heterocycles. The summed E-state index contributed by atoms with van der Waals surface area (Å²) in [4.78, 5) is 0. The lowest BCUT2D eigenvalue weighted by molar-refractivity contribution is 0.304. The molecule has 2 N–H and O–H groups in total. The summed E-state index contributed by atoms with van der Waals surface area (Å²) in [6, 6.07) is 13.9. The van der Waals surface area contributed by atoms with Crippen molar-refractivity contribution < 1.29 is 4.74 Å². The Morgan fingerprint density at radius 1 is 1.11 bits per heavy atom. The Hall–Kier alpha value is -1.51. The van der Waals surface area contributed by atoms with E-state index in [0.29, 0.717) is 18.2 Å². The van der Waals surface area contributed by atoms with Crippen LogP contribution >= 0.6 is 11.6 Å². The fourth-order valence-electron chi connectivity index (χ4n) is 1.83. The maximum Gasteiger partial charge on any atom is 0.141 e. The van der Waals surface area contributed by atoms with Crippen molar-refractivity contribution in [3.8, 4) is 5.75 Å². The number of ether oxygens (including phenoxy) is 1. The van der Waals surface area contributed by atoms with Gasteiger partial charge >= 0.3 is 0 Å². The molecule has 0 radical (unpaired) electrons. The molecule has 0 spiro atoms. The molecule has 2 nitrogen and oxygen atoms in total. The molecule has 0 saturated carbocycles. The van der Waals surface area contributed by atoms with Gasteiger partial charge in [-0.25, -0.2) is 0 Å². The molecule has 94 valence electrons. The van der Waals surface area contributed by atoms with E-state index in [1.165, 1.54) is 0 Å². The fourth-order valence-corrected chi connectivity index (χ4v) is 2.18. The molecule has 0 aromatic heterocycles. The standard InChI is InChI=1S/C15H16ClNO/c1-11-7-13(9-17)8-14(16)15(11)18-10-12-5-3-2-4-6-12/h2-8H,9-10,17H2,1H3. The van der Waals surface area contributed by atoms with Gasteiger partial charge in [0, 0.05) is 6.54 Å². The number of halogens is 1. The highest BCUT2D eigenvalue weighted by Gasteiger charge is 2.07. The fraction of sp³-hybridized carbons (Fsp3) is 0.200. The quantitative estimate of drug-likeness (QED) is 0.911. The molecule has 0 atom stereocenters. The van der Waals surface area contributed by atoms with Gasteiger partial charge in [0.1, 0.15) is 12.4 Å². The highest BCUT2D eigenvalue weighted by atomic mass is 35.5. The number of rotatable bonds is 4. The average molecular weight is 262 g/mol. The van der Waals surface area contributed by atoms with Crippen LogP contribution in [-0.2, 0) is 13.2 Å². The molecule has 18 heavy (non-hydrogen) atoms. The lowest BCUT2D eigenvalue weighted by atomic mass is 10.1. The second kappa shape index (κ2) is 5.89. The monoisotopic (exact) mass is 261 g/mol. The predicted octanol–water partition coefficient (Wildman–Crippen LogP) is 3.69. The zero-order valence-corrected chi connectivity index (χ0v) is 11.1. The minimum Gasteiger partial charge on any atom is -0.487 e. The Morgan fingerprint density at radius 3 is 2.44 bits per heavy atom. The van der Waals surface area contributed by atoms with Crippen LogP contribution in [0.1, 0.15) is 16.7 Å². The lowest BCUT2D eigenvalue weighted by Crippen LogP contribution is -2.01. The van der Waals surface area contributed by atoms with Crippen molar-refractivity contribution in [2.75, 3.05) is 0 Å². The van der Waals surface area contributed by atoms with Gasteiger partial charge < -0.3 is 10.5 Å². The number of aryl methyl sites for hydroxylation is 1. The Kier molecular flexibility index (Phi) is 4.24. The highest BCUT2D eigenvalue weighted by molar-refractivity contribution is 6.32.